The normalized spacial score (nSPS) is 25.5. The highest BCUT2D eigenvalue weighted by atomic mass is 16.1. The van der Waals surface area contributed by atoms with Crippen LogP contribution in [0.15, 0.2) is 42.5 Å². The molecular weight excluding hydrogens is 310 g/mol. The number of carbonyl (C=O) groups is 1. The fourth-order valence-electron chi connectivity index (χ4n) is 4.47. The minimum Gasteiger partial charge on any atom is -0.303 e. The van der Waals surface area contributed by atoms with Crippen molar-refractivity contribution in [2.24, 2.45) is 11.8 Å². The van der Waals surface area contributed by atoms with E-state index in [1.54, 1.807) is 0 Å². The van der Waals surface area contributed by atoms with Crippen LogP contribution in [0, 0.1) is 11.8 Å². The first-order valence-electron chi connectivity index (χ1n) is 9.18. The summed E-state index contributed by atoms with van der Waals surface area (Å²) in [7, 11) is 0. The van der Waals surface area contributed by atoms with Gasteiger partial charge in [0.05, 0.1) is 22.1 Å². The summed E-state index contributed by atoms with van der Waals surface area (Å²) in [5.74, 6) is 1.50. The van der Waals surface area contributed by atoms with Crippen molar-refractivity contribution in [3.8, 4) is 0 Å². The van der Waals surface area contributed by atoms with Gasteiger partial charge < -0.3 is 4.90 Å². The van der Waals surface area contributed by atoms with Gasteiger partial charge in [-0.3, -0.25) is 4.79 Å². The van der Waals surface area contributed by atoms with E-state index in [4.69, 9.17) is 0 Å². The third-order valence-electron chi connectivity index (χ3n) is 5.90. The molecule has 4 heterocycles. The molecule has 0 radical (unpaired) electrons. The Balaban J connectivity index is 1.43. The first-order valence-corrected chi connectivity index (χ1v) is 9.18. The van der Waals surface area contributed by atoms with Crippen molar-refractivity contribution in [2.75, 3.05) is 19.6 Å². The van der Waals surface area contributed by atoms with Gasteiger partial charge in [-0.15, -0.1) is 0 Å². The average molecular weight is 331 g/mol. The van der Waals surface area contributed by atoms with Crippen LogP contribution in [-0.2, 0) is 0 Å². The van der Waals surface area contributed by atoms with Crippen molar-refractivity contribution < 1.29 is 4.79 Å². The molecule has 4 heteroatoms. The van der Waals surface area contributed by atoms with E-state index in [1.807, 2.05) is 42.5 Å². The Morgan fingerprint density at radius 3 is 2.32 bits per heavy atom. The molecule has 0 saturated carbocycles. The SMILES string of the molecule is O=C(CC1CN2CCC1CC2)c1ccc2nc3ccccc3nc2c1. The second-order valence-electron chi connectivity index (χ2n) is 7.44. The largest absolute Gasteiger partial charge is 0.303 e. The lowest BCUT2D eigenvalue weighted by Crippen LogP contribution is -2.47. The van der Waals surface area contributed by atoms with Gasteiger partial charge in [-0.05, 0) is 68.1 Å². The molecule has 3 aliphatic heterocycles. The van der Waals surface area contributed by atoms with Crippen LogP contribution in [0.1, 0.15) is 29.6 Å². The lowest BCUT2D eigenvalue weighted by atomic mass is 9.76. The number of rotatable bonds is 3. The Hall–Kier alpha value is -2.33. The Bertz CT molecular complexity index is 960. The highest BCUT2D eigenvalue weighted by Crippen LogP contribution is 2.35. The van der Waals surface area contributed by atoms with E-state index in [0.29, 0.717) is 12.3 Å². The van der Waals surface area contributed by atoms with Crippen molar-refractivity contribution >= 4 is 27.9 Å². The molecular formula is C21H21N3O. The van der Waals surface area contributed by atoms with Gasteiger partial charge >= 0.3 is 0 Å². The molecule has 1 atom stereocenters. The topological polar surface area (TPSA) is 46.1 Å². The van der Waals surface area contributed by atoms with E-state index in [0.717, 1.165) is 40.1 Å². The van der Waals surface area contributed by atoms with Gasteiger partial charge in [0.25, 0.3) is 0 Å². The maximum absolute atomic E-state index is 12.8. The van der Waals surface area contributed by atoms with E-state index < -0.39 is 0 Å². The van der Waals surface area contributed by atoms with Crippen molar-refractivity contribution in [1.82, 2.24) is 14.9 Å². The maximum atomic E-state index is 12.8. The number of aromatic nitrogens is 2. The number of para-hydroxylation sites is 2. The summed E-state index contributed by atoms with van der Waals surface area (Å²) in [4.78, 5) is 24.7. The highest BCUT2D eigenvalue weighted by molar-refractivity contribution is 5.99. The Morgan fingerprint density at radius 2 is 1.64 bits per heavy atom. The molecule has 25 heavy (non-hydrogen) atoms. The number of benzene rings is 2. The van der Waals surface area contributed by atoms with Gasteiger partial charge in [-0.2, -0.15) is 0 Å². The predicted octanol–water partition coefficient (Wildman–Crippen LogP) is 3.70. The molecule has 2 aromatic carbocycles. The van der Waals surface area contributed by atoms with Crippen LogP contribution in [-0.4, -0.2) is 40.3 Å². The van der Waals surface area contributed by atoms with E-state index in [1.165, 1.54) is 25.9 Å². The number of hydrogen-bond donors (Lipinski definition) is 0. The fraction of sp³-hybridized carbons (Fsp3) is 0.381. The van der Waals surface area contributed by atoms with E-state index in [9.17, 15) is 4.79 Å². The molecule has 3 fully saturated rings. The second kappa shape index (κ2) is 5.88. The molecule has 0 aliphatic carbocycles. The van der Waals surface area contributed by atoms with Gasteiger partial charge in [-0.25, -0.2) is 9.97 Å². The Morgan fingerprint density at radius 1 is 0.960 bits per heavy atom. The van der Waals surface area contributed by atoms with Crippen molar-refractivity contribution in [3.63, 3.8) is 0 Å². The number of carbonyl (C=O) groups excluding carboxylic acids is 1. The lowest BCUT2D eigenvalue weighted by Gasteiger charge is -2.44. The summed E-state index contributed by atoms with van der Waals surface area (Å²) in [5, 5.41) is 0. The number of piperidine rings is 3. The fourth-order valence-corrected chi connectivity index (χ4v) is 4.47. The third kappa shape index (κ3) is 2.71. The number of Topliss-reactive ketones (excluding diaryl/α,β-unsaturated/α-hetero) is 1. The van der Waals surface area contributed by atoms with Gasteiger partial charge in [-0.1, -0.05) is 12.1 Å². The molecule has 126 valence electrons. The minimum atomic E-state index is 0.246. The molecule has 0 amide bonds. The zero-order valence-corrected chi connectivity index (χ0v) is 14.2. The molecule has 1 aromatic heterocycles. The first-order chi connectivity index (χ1) is 12.3. The second-order valence-corrected chi connectivity index (χ2v) is 7.44. The van der Waals surface area contributed by atoms with E-state index >= 15 is 0 Å². The van der Waals surface area contributed by atoms with Crippen molar-refractivity contribution in [3.05, 3.63) is 48.0 Å². The van der Waals surface area contributed by atoms with Gasteiger partial charge in [0.15, 0.2) is 5.78 Å². The Labute approximate surface area is 146 Å². The van der Waals surface area contributed by atoms with Crippen LogP contribution in [0.5, 0.6) is 0 Å². The first kappa shape index (κ1) is 15.0. The molecule has 6 rings (SSSR count). The lowest BCUT2D eigenvalue weighted by molar-refractivity contribution is 0.0441. The van der Waals surface area contributed by atoms with Crippen LogP contribution in [0.2, 0.25) is 0 Å². The van der Waals surface area contributed by atoms with Crippen LogP contribution in [0.25, 0.3) is 22.1 Å². The monoisotopic (exact) mass is 331 g/mol. The summed E-state index contributed by atoms with van der Waals surface area (Å²) in [6, 6.07) is 13.6. The summed E-state index contributed by atoms with van der Waals surface area (Å²) in [5.41, 5.74) is 4.18. The average Bonchev–Trinajstić information content (AvgIpc) is 2.67. The molecule has 0 spiro atoms. The number of fused-ring (bicyclic) bond motifs is 5. The molecule has 2 bridgehead atoms. The number of ketones is 1. The predicted molar refractivity (Wildman–Crippen MR) is 98.6 cm³/mol. The van der Waals surface area contributed by atoms with Crippen LogP contribution in [0.3, 0.4) is 0 Å². The molecule has 1 unspecified atom stereocenters. The standard InChI is InChI=1S/C21H21N3O/c25-21(12-16-13-24-9-7-14(16)8-10-24)15-5-6-19-20(11-15)23-18-4-2-1-3-17(18)22-19/h1-6,11,14,16H,7-10,12-13H2. The van der Waals surface area contributed by atoms with Gasteiger partial charge in [0.2, 0.25) is 0 Å². The zero-order valence-electron chi connectivity index (χ0n) is 14.2. The smallest absolute Gasteiger partial charge is 0.163 e. The quantitative estimate of drug-likeness (QED) is 0.542. The van der Waals surface area contributed by atoms with E-state index in [2.05, 4.69) is 14.9 Å². The molecule has 4 nitrogen and oxygen atoms in total. The summed E-state index contributed by atoms with van der Waals surface area (Å²) < 4.78 is 0. The molecule has 3 aliphatic rings. The zero-order chi connectivity index (χ0) is 16.8. The van der Waals surface area contributed by atoms with Crippen LogP contribution in [0.4, 0.5) is 0 Å². The minimum absolute atomic E-state index is 0.246. The van der Waals surface area contributed by atoms with Crippen molar-refractivity contribution in [1.29, 1.82) is 0 Å². The summed E-state index contributed by atoms with van der Waals surface area (Å²) >= 11 is 0. The number of hydrogen-bond acceptors (Lipinski definition) is 4. The van der Waals surface area contributed by atoms with Crippen LogP contribution >= 0.6 is 0 Å². The van der Waals surface area contributed by atoms with Crippen molar-refractivity contribution in [2.45, 2.75) is 19.3 Å². The Kier molecular flexibility index (Phi) is 3.52. The summed E-state index contributed by atoms with van der Waals surface area (Å²) in [6.07, 6.45) is 3.17. The number of nitrogens with zero attached hydrogens (tertiary/aromatic N) is 3. The highest BCUT2D eigenvalue weighted by Gasteiger charge is 2.35. The van der Waals surface area contributed by atoms with Gasteiger partial charge in [0, 0.05) is 18.5 Å². The molecule has 3 saturated heterocycles. The maximum Gasteiger partial charge on any atom is 0.163 e. The van der Waals surface area contributed by atoms with Gasteiger partial charge in [0.1, 0.15) is 0 Å². The third-order valence-corrected chi connectivity index (χ3v) is 5.90. The van der Waals surface area contributed by atoms with E-state index in [-0.39, 0.29) is 5.78 Å². The van der Waals surface area contributed by atoms with Crippen LogP contribution < -0.4 is 0 Å². The molecule has 3 aromatic rings. The molecule has 0 N–H and O–H groups in total. The summed E-state index contributed by atoms with van der Waals surface area (Å²) in [6.45, 7) is 3.52.